The molecular weight excluding hydrogens is 460 g/mol. The van der Waals surface area contributed by atoms with Crippen molar-refractivity contribution in [1.29, 1.82) is 0 Å². The Balaban J connectivity index is 1.44. The molecule has 5 nitrogen and oxygen atoms in total. The molecule has 0 saturated carbocycles. The number of carbonyl (C=O) groups excluding carboxylic acids is 3. The monoisotopic (exact) mass is 486 g/mol. The maximum Gasteiger partial charge on any atom is 0.236 e. The molecule has 0 bridgehead atoms. The molecule has 2 aliphatic rings. The quantitative estimate of drug-likeness (QED) is 0.388. The first-order chi connectivity index (χ1) is 18.1. The van der Waals surface area contributed by atoms with Crippen molar-refractivity contribution < 1.29 is 14.4 Å². The van der Waals surface area contributed by atoms with Crippen LogP contribution in [-0.2, 0) is 29.1 Å². The summed E-state index contributed by atoms with van der Waals surface area (Å²) < 4.78 is 0. The average Bonchev–Trinajstić information content (AvgIpc) is 3.40. The van der Waals surface area contributed by atoms with Crippen LogP contribution in [0.25, 0.3) is 0 Å². The first-order valence-corrected chi connectivity index (χ1v) is 12.5. The Labute approximate surface area is 215 Å². The van der Waals surface area contributed by atoms with Crippen molar-refractivity contribution in [3.8, 4) is 0 Å². The van der Waals surface area contributed by atoms with Gasteiger partial charge in [0.05, 0.1) is 12.5 Å². The third kappa shape index (κ3) is 3.75. The number of para-hydroxylation sites is 1. The molecule has 182 valence electrons. The van der Waals surface area contributed by atoms with E-state index in [4.69, 9.17) is 0 Å². The minimum absolute atomic E-state index is 0.187. The lowest BCUT2D eigenvalue weighted by molar-refractivity contribution is -0.134. The van der Waals surface area contributed by atoms with Crippen molar-refractivity contribution in [2.45, 2.75) is 25.4 Å². The molecule has 2 amide bonds. The molecule has 0 saturated heterocycles. The predicted molar refractivity (Wildman–Crippen MR) is 142 cm³/mol. The first-order valence-electron chi connectivity index (χ1n) is 12.5. The highest BCUT2D eigenvalue weighted by Crippen LogP contribution is 2.53. The second kappa shape index (κ2) is 9.17. The van der Waals surface area contributed by atoms with Crippen molar-refractivity contribution in [1.82, 2.24) is 5.32 Å². The van der Waals surface area contributed by atoms with Gasteiger partial charge in [0.2, 0.25) is 11.8 Å². The summed E-state index contributed by atoms with van der Waals surface area (Å²) in [4.78, 5) is 44.2. The van der Waals surface area contributed by atoms with Gasteiger partial charge < -0.3 is 10.2 Å². The predicted octanol–water partition coefficient (Wildman–Crippen LogP) is 5.06. The van der Waals surface area contributed by atoms with Gasteiger partial charge in [-0.25, -0.2) is 0 Å². The molecular formula is C32H26N2O3. The molecule has 4 aromatic rings. The Hall–Kier alpha value is -4.51. The molecule has 1 aliphatic carbocycles. The van der Waals surface area contributed by atoms with Crippen molar-refractivity contribution >= 4 is 23.3 Å². The first kappa shape index (κ1) is 22.9. The van der Waals surface area contributed by atoms with E-state index in [0.29, 0.717) is 12.1 Å². The lowest BCUT2D eigenvalue weighted by atomic mass is 9.68. The molecule has 1 heterocycles. The number of rotatable bonds is 6. The fraction of sp³-hybridized carbons (Fsp3) is 0.156. The van der Waals surface area contributed by atoms with Gasteiger partial charge in [0.1, 0.15) is 5.41 Å². The number of amides is 2. The van der Waals surface area contributed by atoms with E-state index in [1.54, 1.807) is 17.0 Å². The van der Waals surface area contributed by atoms with E-state index in [1.165, 1.54) is 0 Å². The zero-order valence-corrected chi connectivity index (χ0v) is 20.3. The van der Waals surface area contributed by atoms with Crippen LogP contribution < -0.4 is 10.2 Å². The van der Waals surface area contributed by atoms with Gasteiger partial charge in [0.15, 0.2) is 5.78 Å². The van der Waals surface area contributed by atoms with Gasteiger partial charge in [-0.05, 0) is 34.7 Å². The number of hydrogen-bond donors (Lipinski definition) is 1. The van der Waals surface area contributed by atoms with Gasteiger partial charge >= 0.3 is 0 Å². The van der Waals surface area contributed by atoms with Crippen LogP contribution in [0.15, 0.2) is 109 Å². The highest BCUT2D eigenvalue weighted by atomic mass is 16.2. The molecule has 2 atom stereocenters. The van der Waals surface area contributed by atoms with Crippen molar-refractivity contribution in [3.63, 3.8) is 0 Å². The van der Waals surface area contributed by atoms with Gasteiger partial charge in [-0.2, -0.15) is 0 Å². The van der Waals surface area contributed by atoms with Gasteiger partial charge in [-0.15, -0.1) is 0 Å². The van der Waals surface area contributed by atoms with E-state index >= 15 is 0 Å². The summed E-state index contributed by atoms with van der Waals surface area (Å²) in [5.41, 5.74) is 3.14. The molecule has 4 aromatic carbocycles. The number of fused-ring (bicyclic) bond motifs is 2. The summed E-state index contributed by atoms with van der Waals surface area (Å²) in [5, 5.41) is 3.01. The van der Waals surface area contributed by atoms with E-state index in [2.05, 4.69) is 5.32 Å². The van der Waals surface area contributed by atoms with E-state index in [1.807, 2.05) is 97.1 Å². The maximum atomic E-state index is 14.2. The van der Waals surface area contributed by atoms with Crippen molar-refractivity contribution in [2.75, 3.05) is 4.90 Å². The fourth-order valence-corrected chi connectivity index (χ4v) is 5.79. The Kier molecular flexibility index (Phi) is 5.68. The smallest absolute Gasteiger partial charge is 0.236 e. The summed E-state index contributed by atoms with van der Waals surface area (Å²) >= 11 is 0. The van der Waals surface area contributed by atoms with Crippen LogP contribution in [0.3, 0.4) is 0 Å². The van der Waals surface area contributed by atoms with Gasteiger partial charge in [0.25, 0.3) is 0 Å². The molecule has 0 aromatic heterocycles. The van der Waals surface area contributed by atoms with E-state index in [-0.39, 0.29) is 24.7 Å². The summed E-state index contributed by atoms with van der Waals surface area (Å²) in [5.74, 6) is -1.83. The van der Waals surface area contributed by atoms with Crippen LogP contribution in [0.4, 0.5) is 5.69 Å². The van der Waals surface area contributed by atoms with Crippen LogP contribution in [0.5, 0.6) is 0 Å². The van der Waals surface area contributed by atoms with Crippen LogP contribution in [0.1, 0.15) is 38.5 Å². The molecule has 0 spiro atoms. The maximum absolute atomic E-state index is 14.2. The molecule has 0 fully saturated rings. The van der Waals surface area contributed by atoms with Gasteiger partial charge in [-0.3, -0.25) is 14.4 Å². The standard InChI is InChI=1S/C32H26N2O3/c35-29-25-16-8-7-15-24(25)19-32(29,31(37)33-20-22-11-3-1-4-12-22)28-26-17-9-10-18-27(26)34(30(28)36)21-23-13-5-2-6-14-23/h1-18,28H,19-21H2,(H,33,37)/t28-,32-/m0/s1. The van der Waals surface area contributed by atoms with Crippen molar-refractivity contribution in [2.24, 2.45) is 5.41 Å². The normalized spacial score (nSPS) is 20.0. The Bertz CT molecular complexity index is 1500. The molecule has 0 unspecified atom stereocenters. The third-order valence-electron chi connectivity index (χ3n) is 7.57. The second-order valence-corrected chi connectivity index (χ2v) is 9.70. The van der Waals surface area contributed by atoms with Crippen LogP contribution >= 0.6 is 0 Å². The average molecular weight is 487 g/mol. The van der Waals surface area contributed by atoms with E-state index in [0.717, 1.165) is 27.9 Å². The van der Waals surface area contributed by atoms with Crippen LogP contribution in [-0.4, -0.2) is 17.6 Å². The van der Waals surface area contributed by atoms with Gasteiger partial charge in [-0.1, -0.05) is 103 Å². The third-order valence-corrected chi connectivity index (χ3v) is 7.57. The minimum Gasteiger partial charge on any atom is -0.351 e. The largest absolute Gasteiger partial charge is 0.351 e. The lowest BCUT2D eigenvalue weighted by Crippen LogP contribution is -2.51. The lowest BCUT2D eigenvalue weighted by Gasteiger charge is -2.32. The van der Waals surface area contributed by atoms with Crippen LogP contribution in [0, 0.1) is 5.41 Å². The van der Waals surface area contributed by atoms with Crippen molar-refractivity contribution in [3.05, 3.63) is 137 Å². The number of benzene rings is 4. The summed E-state index contributed by atoms with van der Waals surface area (Å²) in [6.07, 6.45) is 0.187. The number of Topliss-reactive ketones (excluding diaryl/α,β-unsaturated/α-hetero) is 1. The van der Waals surface area contributed by atoms with Gasteiger partial charge in [0, 0.05) is 17.8 Å². The second-order valence-electron chi connectivity index (χ2n) is 9.70. The number of nitrogens with zero attached hydrogens (tertiary/aromatic N) is 1. The molecule has 0 radical (unpaired) electrons. The highest BCUT2D eigenvalue weighted by Gasteiger charge is 2.62. The molecule has 6 rings (SSSR count). The highest BCUT2D eigenvalue weighted by molar-refractivity contribution is 6.23. The minimum atomic E-state index is -1.56. The zero-order chi connectivity index (χ0) is 25.4. The van der Waals surface area contributed by atoms with E-state index in [9.17, 15) is 14.4 Å². The Morgan fingerprint density at radius 2 is 1.41 bits per heavy atom. The molecule has 5 heteroatoms. The summed E-state index contributed by atoms with van der Waals surface area (Å²) in [7, 11) is 0. The topological polar surface area (TPSA) is 66.5 Å². The Morgan fingerprint density at radius 1 is 0.784 bits per heavy atom. The number of carbonyl (C=O) groups is 3. The molecule has 1 aliphatic heterocycles. The van der Waals surface area contributed by atoms with E-state index < -0.39 is 17.2 Å². The van der Waals surface area contributed by atoms with Crippen LogP contribution in [0.2, 0.25) is 0 Å². The number of hydrogen-bond acceptors (Lipinski definition) is 3. The fourth-order valence-electron chi connectivity index (χ4n) is 5.79. The number of ketones is 1. The zero-order valence-electron chi connectivity index (χ0n) is 20.3. The number of anilines is 1. The Morgan fingerprint density at radius 3 is 2.14 bits per heavy atom. The number of nitrogens with one attached hydrogen (secondary N) is 1. The molecule has 1 N–H and O–H groups in total. The SMILES string of the molecule is O=C1[C@@H]([C@@]2(C(=O)NCc3ccccc3)Cc3ccccc3C2=O)c2ccccc2N1Cc1ccccc1. The summed E-state index contributed by atoms with van der Waals surface area (Å²) in [6, 6.07) is 34.2. The molecule has 37 heavy (non-hydrogen) atoms. The summed E-state index contributed by atoms with van der Waals surface area (Å²) in [6.45, 7) is 0.650.